The van der Waals surface area contributed by atoms with E-state index in [9.17, 15) is 55.5 Å². The number of aliphatic hydroxyl groups excluding tert-OH is 3. The van der Waals surface area contributed by atoms with Gasteiger partial charge >= 0.3 is 24.6 Å². The lowest BCUT2D eigenvalue weighted by atomic mass is 9.91. The molecule has 0 radical (unpaired) electrons. The highest BCUT2D eigenvalue weighted by Crippen LogP contribution is 2.52. The Hall–Kier alpha value is -2.67. The minimum absolute atomic E-state index is 0. The zero-order valence-corrected chi connectivity index (χ0v) is 31.0. The number of thiazole rings is 1. The van der Waals surface area contributed by atoms with E-state index in [0.717, 1.165) is 12.3 Å². The fraction of sp³-hybridized carbons (Fsp3) is 0.562. The Bertz CT molecular complexity index is 1660. The molecule has 3 aromatic rings. The van der Waals surface area contributed by atoms with Crippen LogP contribution in [0.25, 0.3) is 0 Å². The van der Waals surface area contributed by atoms with E-state index in [1.807, 2.05) is 0 Å². The highest BCUT2D eigenvalue weighted by atomic mass is 127. The Balaban J connectivity index is 0.00000627. The fourth-order valence-corrected chi connectivity index (χ4v) is 6.91. The summed E-state index contributed by atoms with van der Waals surface area (Å²) in [6.45, 7) is -3.85. The molecule has 296 valence electrons. The quantitative estimate of drug-likeness (QED) is 0.113. The Kier molecular flexibility index (Phi) is 13.2. The van der Waals surface area contributed by atoms with Gasteiger partial charge in [-0.05, 0) is 42.5 Å². The molecule has 2 fully saturated rings. The van der Waals surface area contributed by atoms with Gasteiger partial charge in [0.15, 0.2) is 17.5 Å². The van der Waals surface area contributed by atoms with E-state index in [4.69, 9.17) is 14.2 Å². The first-order valence-electron chi connectivity index (χ1n) is 15.8. The molecular weight excluding hydrogens is 865 g/mol. The van der Waals surface area contributed by atoms with Crippen molar-refractivity contribution < 1.29 is 103 Å². The monoisotopic (exact) mass is 901 g/mol. The Morgan fingerprint density at radius 3 is 2.11 bits per heavy atom. The third kappa shape index (κ3) is 9.42. The van der Waals surface area contributed by atoms with Gasteiger partial charge in [0.1, 0.15) is 23.3 Å². The van der Waals surface area contributed by atoms with Gasteiger partial charge in [-0.2, -0.15) is 35.1 Å². The van der Waals surface area contributed by atoms with Crippen molar-refractivity contribution in [3.8, 4) is 17.4 Å². The molecule has 1 aliphatic carbocycles. The van der Waals surface area contributed by atoms with Crippen LogP contribution in [0.1, 0.15) is 39.8 Å². The minimum atomic E-state index is -6.17. The van der Waals surface area contributed by atoms with Crippen molar-refractivity contribution in [1.29, 1.82) is 0 Å². The lowest BCUT2D eigenvalue weighted by molar-refractivity contribution is -0.909. The van der Waals surface area contributed by atoms with Crippen LogP contribution in [-0.2, 0) is 16.8 Å². The normalized spacial score (nSPS) is 23.4. The number of hydrogen-bond acceptors (Lipinski definition) is 11. The van der Waals surface area contributed by atoms with Crippen LogP contribution in [0.3, 0.4) is 0 Å². The zero-order valence-electron chi connectivity index (χ0n) is 28.1. The number of alkyl halides is 8. The number of aromatic nitrogens is 2. The van der Waals surface area contributed by atoms with Crippen molar-refractivity contribution in [2.24, 2.45) is 0 Å². The van der Waals surface area contributed by atoms with Crippen molar-refractivity contribution in [3.05, 3.63) is 63.7 Å². The SMILES string of the molecule is C[N+](C)(C)[C@H]1[C@H](Oc2ccc(C[C@@H](c3ccc(OC(F)F)c(OC4CC4)c3)c3cnc(C(O)(C(F)(F)F)C(F)(F)F)s3)cn2)O[C@H](CO)[C@@H](O)[C@@H]1O.[I-]. The molecular formula is C32H36F8IN3O8S. The van der Waals surface area contributed by atoms with E-state index in [1.54, 1.807) is 21.1 Å². The maximum Gasteiger partial charge on any atom is 0.433 e. The first-order valence-corrected chi connectivity index (χ1v) is 16.6. The van der Waals surface area contributed by atoms with Gasteiger partial charge in [-0.3, -0.25) is 0 Å². The van der Waals surface area contributed by atoms with Crippen molar-refractivity contribution in [2.75, 3.05) is 27.7 Å². The second kappa shape index (κ2) is 16.2. The summed E-state index contributed by atoms with van der Waals surface area (Å²) in [7, 11) is 5.16. The van der Waals surface area contributed by atoms with E-state index >= 15 is 0 Å². The number of benzene rings is 1. The molecule has 1 saturated heterocycles. The second-order valence-electron chi connectivity index (χ2n) is 13.4. The summed E-state index contributed by atoms with van der Waals surface area (Å²) in [6.07, 6.45) is -14.6. The predicted molar refractivity (Wildman–Crippen MR) is 165 cm³/mol. The molecule has 53 heavy (non-hydrogen) atoms. The Morgan fingerprint density at radius 1 is 0.925 bits per heavy atom. The molecule has 3 heterocycles. The topological polar surface area (TPSA) is 144 Å². The van der Waals surface area contributed by atoms with Gasteiger partial charge in [-0.25, -0.2) is 9.97 Å². The summed E-state index contributed by atoms with van der Waals surface area (Å²) in [4.78, 5) is 7.45. The molecule has 1 aromatic carbocycles. The third-order valence-corrected chi connectivity index (χ3v) is 9.84. The number of pyridine rings is 1. The molecule has 0 spiro atoms. The van der Waals surface area contributed by atoms with Crippen molar-refractivity contribution >= 4 is 11.3 Å². The van der Waals surface area contributed by atoms with Crippen LogP contribution in [0.4, 0.5) is 35.1 Å². The van der Waals surface area contributed by atoms with Crippen LogP contribution >= 0.6 is 11.3 Å². The number of quaternary nitrogens is 1. The highest BCUT2D eigenvalue weighted by molar-refractivity contribution is 7.11. The Labute approximate surface area is 318 Å². The smallest absolute Gasteiger partial charge is 0.433 e. The largest absolute Gasteiger partial charge is 1.00 e. The summed E-state index contributed by atoms with van der Waals surface area (Å²) >= 11 is -0.0268. The summed E-state index contributed by atoms with van der Waals surface area (Å²) in [5, 5.41) is 39.2. The molecule has 21 heteroatoms. The van der Waals surface area contributed by atoms with Gasteiger partial charge in [0, 0.05) is 29.3 Å². The Morgan fingerprint density at radius 2 is 1.58 bits per heavy atom. The number of hydrogen-bond donors (Lipinski definition) is 4. The maximum atomic E-state index is 13.7. The summed E-state index contributed by atoms with van der Waals surface area (Å²) in [5.41, 5.74) is -4.67. The third-order valence-electron chi connectivity index (χ3n) is 8.62. The number of halogens is 9. The van der Waals surface area contributed by atoms with Crippen LogP contribution < -0.4 is 38.2 Å². The molecule has 6 atom stereocenters. The molecule has 2 aromatic heterocycles. The van der Waals surface area contributed by atoms with E-state index in [2.05, 4.69) is 14.7 Å². The van der Waals surface area contributed by atoms with E-state index in [1.165, 1.54) is 30.5 Å². The van der Waals surface area contributed by atoms with E-state index in [-0.39, 0.29) is 80.1 Å². The summed E-state index contributed by atoms with van der Waals surface area (Å²) < 4.78 is 131. The molecule has 1 saturated carbocycles. The highest BCUT2D eigenvalue weighted by Gasteiger charge is 2.73. The molecule has 0 unspecified atom stereocenters. The van der Waals surface area contributed by atoms with Gasteiger partial charge < -0.3 is 67.8 Å². The minimum Gasteiger partial charge on any atom is -1.00 e. The van der Waals surface area contributed by atoms with Crippen LogP contribution in [0.2, 0.25) is 0 Å². The standard InChI is InChI=1S/C32H36F8N3O8S.HI/c1-43(2,3)24-26(46)25(45)21(14-44)49-27(24)51-23-9-4-15(12-41-23)10-18(16-5-8-19(50-29(33)34)20(11-16)48-17-6-7-17)22-13-42-28(52-22)30(47,31(35,36)37)32(38,39)40;/h4-5,8-9,11-13,17-18,21,24-27,29,44-47H,6-7,10,14H2,1-3H3;1H/q+1;/p-1/t18-,21+,24+,25+,26+,27-;/m0./s1. The number of aliphatic hydroxyl groups is 4. The average Bonchev–Trinajstić information content (AvgIpc) is 3.72. The van der Waals surface area contributed by atoms with Crippen molar-refractivity contribution in [1.82, 2.24) is 9.97 Å². The molecule has 4 N–H and O–H groups in total. The fourth-order valence-electron chi connectivity index (χ4n) is 5.74. The molecule has 5 rings (SSSR count). The molecule has 2 aliphatic rings. The average molecular weight is 902 g/mol. The zero-order chi connectivity index (χ0) is 38.4. The maximum absolute atomic E-state index is 13.7. The lowest BCUT2D eigenvalue weighted by Crippen LogP contribution is -3.00. The predicted octanol–water partition coefficient (Wildman–Crippen LogP) is 1.26. The van der Waals surface area contributed by atoms with E-state index in [0.29, 0.717) is 18.4 Å². The molecule has 1 aliphatic heterocycles. The first-order chi connectivity index (χ1) is 24.1. The first kappa shape index (κ1) is 43.1. The second-order valence-corrected chi connectivity index (χ2v) is 14.4. The number of nitrogens with zero attached hydrogens (tertiary/aromatic N) is 3. The summed E-state index contributed by atoms with van der Waals surface area (Å²) in [5.74, 6) is -1.55. The van der Waals surface area contributed by atoms with Crippen molar-refractivity contribution in [3.63, 3.8) is 0 Å². The number of likely N-dealkylation sites (N-methyl/N-ethyl adjacent to an activating group) is 1. The lowest BCUT2D eigenvalue weighted by Gasteiger charge is -2.47. The van der Waals surface area contributed by atoms with Crippen LogP contribution in [0, 0.1) is 0 Å². The number of rotatable bonds is 13. The molecule has 0 bridgehead atoms. The summed E-state index contributed by atoms with van der Waals surface area (Å²) in [6, 6.07) is 5.78. The molecule has 11 nitrogen and oxygen atoms in total. The van der Waals surface area contributed by atoms with Gasteiger partial charge in [0.2, 0.25) is 5.88 Å². The van der Waals surface area contributed by atoms with Crippen molar-refractivity contribution in [2.45, 2.75) is 86.5 Å². The van der Waals surface area contributed by atoms with Crippen LogP contribution in [-0.4, -0.2) is 118 Å². The van der Waals surface area contributed by atoms with Crippen LogP contribution in [0.15, 0.2) is 42.7 Å². The van der Waals surface area contributed by atoms with Gasteiger partial charge in [0.05, 0.1) is 33.9 Å². The number of ether oxygens (including phenoxy) is 4. The van der Waals surface area contributed by atoms with E-state index < -0.39 is 72.7 Å². The molecule has 0 amide bonds. The van der Waals surface area contributed by atoms with Gasteiger partial charge in [-0.1, -0.05) is 12.1 Å². The van der Waals surface area contributed by atoms with Crippen LogP contribution in [0.5, 0.6) is 17.4 Å². The van der Waals surface area contributed by atoms with Gasteiger partial charge in [-0.15, -0.1) is 11.3 Å². The van der Waals surface area contributed by atoms with Gasteiger partial charge in [0.25, 0.3) is 6.29 Å².